The first-order chi connectivity index (χ1) is 17.8. The Morgan fingerprint density at radius 3 is 2.34 bits per heavy atom. The molecule has 1 N–H and O–H groups in total. The number of anilines is 1. The number of thiophene rings is 1. The fourth-order valence-corrected chi connectivity index (χ4v) is 5.57. The van der Waals surface area contributed by atoms with Crippen LogP contribution in [0.4, 0.5) is 10.7 Å². The molecular formula is C29H34N2O6S. The van der Waals surface area contributed by atoms with Crippen molar-refractivity contribution in [1.29, 1.82) is 0 Å². The second-order valence-corrected chi connectivity index (χ2v) is 11.7. The average molecular weight is 539 g/mol. The molecule has 3 aromatic rings. The normalized spacial score (nSPS) is 11.6. The molecule has 0 saturated heterocycles. The van der Waals surface area contributed by atoms with Gasteiger partial charge in [0, 0.05) is 23.1 Å². The number of nitro benzene ring substituents is 1. The third-order valence-electron chi connectivity index (χ3n) is 5.87. The van der Waals surface area contributed by atoms with E-state index in [4.69, 9.17) is 9.47 Å². The molecule has 0 aliphatic carbocycles. The quantitative estimate of drug-likeness (QED) is 0.166. The van der Waals surface area contributed by atoms with E-state index in [1.807, 2.05) is 24.3 Å². The molecule has 0 atom stereocenters. The van der Waals surface area contributed by atoms with Crippen LogP contribution in [0.2, 0.25) is 0 Å². The number of hydrogen-bond donors (Lipinski definition) is 1. The lowest BCUT2D eigenvalue weighted by Gasteiger charge is -2.33. The van der Waals surface area contributed by atoms with Crippen LogP contribution in [0, 0.1) is 15.5 Å². The Balaban J connectivity index is 1.73. The fourth-order valence-electron chi connectivity index (χ4n) is 4.60. The number of non-ortho nitro benzene ring substituents is 1. The molecule has 2 aromatic carbocycles. The van der Waals surface area contributed by atoms with Crippen LogP contribution >= 0.6 is 11.3 Å². The number of nitro groups is 1. The highest BCUT2D eigenvalue weighted by Gasteiger charge is 2.27. The molecule has 202 valence electrons. The monoisotopic (exact) mass is 538 g/mol. The summed E-state index contributed by atoms with van der Waals surface area (Å²) in [7, 11) is 0. The molecule has 0 bridgehead atoms. The van der Waals surface area contributed by atoms with E-state index in [1.165, 1.54) is 17.7 Å². The molecule has 0 spiro atoms. The van der Waals surface area contributed by atoms with Crippen LogP contribution in [0.5, 0.6) is 5.75 Å². The molecule has 1 heterocycles. The summed E-state index contributed by atoms with van der Waals surface area (Å²) in [6.07, 6.45) is 1.02. The van der Waals surface area contributed by atoms with E-state index in [2.05, 4.69) is 39.9 Å². The summed E-state index contributed by atoms with van der Waals surface area (Å²) < 4.78 is 10.9. The number of esters is 1. The summed E-state index contributed by atoms with van der Waals surface area (Å²) in [6.45, 7) is 12.7. The van der Waals surface area contributed by atoms with Crippen LogP contribution in [-0.2, 0) is 14.9 Å². The predicted octanol–water partition coefficient (Wildman–Crippen LogP) is 7.23. The maximum Gasteiger partial charge on any atom is 0.341 e. The van der Waals surface area contributed by atoms with Gasteiger partial charge in [-0.05, 0) is 47.4 Å². The summed E-state index contributed by atoms with van der Waals surface area (Å²) >= 11 is 1.14. The Bertz CT molecular complexity index is 1310. The van der Waals surface area contributed by atoms with Gasteiger partial charge in [0.15, 0.2) is 6.61 Å². The van der Waals surface area contributed by atoms with E-state index in [0.717, 1.165) is 17.8 Å². The average Bonchev–Trinajstić information content (AvgIpc) is 3.25. The van der Waals surface area contributed by atoms with Gasteiger partial charge in [-0.25, -0.2) is 4.79 Å². The van der Waals surface area contributed by atoms with Gasteiger partial charge in [0.25, 0.3) is 11.6 Å². The van der Waals surface area contributed by atoms with E-state index in [-0.39, 0.29) is 40.3 Å². The predicted molar refractivity (Wildman–Crippen MR) is 150 cm³/mol. The Hall–Kier alpha value is -3.72. The summed E-state index contributed by atoms with van der Waals surface area (Å²) in [4.78, 5) is 36.2. The number of nitrogens with one attached hydrogen (secondary N) is 1. The van der Waals surface area contributed by atoms with Gasteiger partial charge >= 0.3 is 5.97 Å². The zero-order chi connectivity index (χ0) is 28.1. The Morgan fingerprint density at radius 2 is 1.74 bits per heavy atom. The van der Waals surface area contributed by atoms with Gasteiger partial charge in [-0.3, -0.25) is 14.9 Å². The molecule has 1 aromatic heterocycles. The number of benzene rings is 2. The zero-order valence-electron chi connectivity index (χ0n) is 22.6. The van der Waals surface area contributed by atoms with Crippen molar-refractivity contribution in [2.24, 2.45) is 5.41 Å². The van der Waals surface area contributed by atoms with E-state index in [0.29, 0.717) is 16.9 Å². The summed E-state index contributed by atoms with van der Waals surface area (Å²) in [5, 5.41) is 15.9. The zero-order valence-corrected chi connectivity index (χ0v) is 23.4. The second-order valence-electron chi connectivity index (χ2n) is 10.9. The van der Waals surface area contributed by atoms with Gasteiger partial charge < -0.3 is 14.8 Å². The van der Waals surface area contributed by atoms with Gasteiger partial charge in [-0.15, -0.1) is 11.3 Å². The largest absolute Gasteiger partial charge is 0.484 e. The topological polar surface area (TPSA) is 108 Å². The summed E-state index contributed by atoms with van der Waals surface area (Å²) in [6, 6.07) is 13.7. The van der Waals surface area contributed by atoms with Crippen molar-refractivity contribution >= 4 is 33.9 Å². The summed E-state index contributed by atoms with van der Waals surface area (Å²) in [5.74, 6) is -0.510. The van der Waals surface area contributed by atoms with Crippen LogP contribution in [0.25, 0.3) is 11.1 Å². The molecule has 9 heteroatoms. The minimum atomic E-state index is -0.625. The molecule has 0 fully saturated rings. The maximum atomic E-state index is 12.8. The van der Waals surface area contributed by atoms with Gasteiger partial charge in [-0.2, -0.15) is 0 Å². The number of amides is 1. The van der Waals surface area contributed by atoms with Crippen molar-refractivity contribution in [1.82, 2.24) is 0 Å². The number of carbonyl (C=O) groups excluding carboxylic acids is 2. The van der Waals surface area contributed by atoms with Crippen LogP contribution in [-0.4, -0.2) is 30.0 Å². The lowest BCUT2D eigenvalue weighted by atomic mass is 9.72. The minimum Gasteiger partial charge on any atom is -0.484 e. The summed E-state index contributed by atoms with van der Waals surface area (Å²) in [5.41, 5.74) is 2.34. The third kappa shape index (κ3) is 7.41. The maximum absolute atomic E-state index is 12.8. The molecular weight excluding hydrogens is 504 g/mol. The molecule has 0 aliphatic rings. The van der Waals surface area contributed by atoms with Gasteiger partial charge in [0.05, 0.1) is 11.5 Å². The number of hydrogen-bond acceptors (Lipinski definition) is 7. The lowest BCUT2D eigenvalue weighted by molar-refractivity contribution is -0.384. The van der Waals surface area contributed by atoms with Crippen molar-refractivity contribution in [3.63, 3.8) is 0 Å². The van der Waals surface area contributed by atoms with Crippen molar-refractivity contribution in [3.8, 4) is 16.9 Å². The number of rotatable bonds is 10. The number of nitrogens with zero attached hydrogens (tertiary/aromatic N) is 1. The first kappa shape index (κ1) is 28.8. The third-order valence-corrected chi connectivity index (χ3v) is 6.76. The number of carbonyl (C=O) groups is 2. The van der Waals surface area contributed by atoms with Crippen LogP contribution < -0.4 is 10.1 Å². The van der Waals surface area contributed by atoms with Crippen LogP contribution in [0.3, 0.4) is 0 Å². The van der Waals surface area contributed by atoms with Gasteiger partial charge in [0.2, 0.25) is 0 Å². The van der Waals surface area contributed by atoms with Crippen molar-refractivity contribution in [3.05, 3.63) is 75.2 Å². The van der Waals surface area contributed by atoms with E-state index >= 15 is 0 Å². The first-order valence-corrected chi connectivity index (χ1v) is 13.3. The number of ether oxygens (including phenoxy) is 2. The Labute approximate surface area is 227 Å². The van der Waals surface area contributed by atoms with Crippen LogP contribution in [0.1, 0.15) is 63.9 Å². The molecule has 8 nitrogen and oxygen atoms in total. The molecule has 0 aliphatic heterocycles. The lowest BCUT2D eigenvalue weighted by Crippen LogP contribution is -2.24. The smallest absolute Gasteiger partial charge is 0.341 e. The SMILES string of the molecule is CCOC(=O)c1c(-c2cccc([N+](=O)[O-])c2)csc1NC(=O)COc1ccc(C(C)(C)CC(C)(C)C)cc1. The van der Waals surface area contributed by atoms with Crippen LogP contribution in [0.15, 0.2) is 53.9 Å². The molecule has 0 unspecified atom stereocenters. The molecule has 3 rings (SSSR count). The highest BCUT2D eigenvalue weighted by molar-refractivity contribution is 7.15. The van der Waals surface area contributed by atoms with E-state index < -0.39 is 16.8 Å². The Morgan fingerprint density at radius 1 is 1.05 bits per heavy atom. The van der Waals surface area contributed by atoms with Crippen molar-refractivity contribution in [2.75, 3.05) is 18.5 Å². The molecule has 0 saturated carbocycles. The highest BCUT2D eigenvalue weighted by atomic mass is 32.1. The fraction of sp³-hybridized carbons (Fsp3) is 0.379. The second kappa shape index (κ2) is 11.8. The highest BCUT2D eigenvalue weighted by Crippen LogP contribution is 2.38. The molecule has 1 amide bonds. The van der Waals surface area contributed by atoms with Crippen molar-refractivity contribution < 1.29 is 24.0 Å². The molecule has 0 radical (unpaired) electrons. The van der Waals surface area contributed by atoms with E-state index in [1.54, 1.807) is 24.4 Å². The standard InChI is InChI=1S/C29H34N2O6S/c1-7-36-27(33)25-23(19-9-8-10-21(15-19)31(34)35)17-38-26(25)30-24(32)16-37-22-13-11-20(12-14-22)29(5,6)18-28(2,3)4/h8-15,17H,7,16,18H2,1-6H3,(H,30,32). The minimum absolute atomic E-state index is 0.00624. The van der Waals surface area contributed by atoms with Gasteiger partial charge in [0.1, 0.15) is 16.3 Å². The Kier molecular flexibility index (Phi) is 8.93. The van der Waals surface area contributed by atoms with Gasteiger partial charge in [-0.1, -0.05) is 58.9 Å². The van der Waals surface area contributed by atoms with E-state index in [9.17, 15) is 19.7 Å². The van der Waals surface area contributed by atoms with Crippen molar-refractivity contribution in [2.45, 2.75) is 53.4 Å². The molecule has 38 heavy (non-hydrogen) atoms. The first-order valence-electron chi connectivity index (χ1n) is 12.4.